The van der Waals surface area contributed by atoms with E-state index < -0.39 is 5.97 Å². The highest BCUT2D eigenvalue weighted by Crippen LogP contribution is 2.46. The third kappa shape index (κ3) is 4.40. The molecule has 1 fully saturated rings. The molecule has 5 rings (SSSR count). The highest BCUT2D eigenvalue weighted by Gasteiger charge is 2.34. The number of carboxylic acids is 1. The van der Waals surface area contributed by atoms with E-state index in [-0.39, 0.29) is 24.3 Å². The lowest BCUT2D eigenvalue weighted by molar-refractivity contribution is -0.137. The summed E-state index contributed by atoms with van der Waals surface area (Å²) in [6, 6.07) is 19.5. The quantitative estimate of drug-likeness (QED) is 0.466. The zero-order valence-corrected chi connectivity index (χ0v) is 18.2. The van der Waals surface area contributed by atoms with Crippen LogP contribution in [0.4, 0.5) is 4.39 Å². The standard InChI is InChI=1S/C28H27FO3/c1-17-12-23(14-24(29)13-17)18-2-6-20(7-3-18)26-11-10-21-8-9-22(15-27(21)32-26)25(16-28(30)31)19-4-5-19/h2-3,6-9,12-15,19,25-26H,4-5,10-11,16H2,1H3,(H,30,31)/t25-,26?/m0/s1. The first-order valence-electron chi connectivity index (χ1n) is 11.3. The highest BCUT2D eigenvalue weighted by molar-refractivity contribution is 5.68. The minimum absolute atomic E-state index is 0.0418. The number of carboxylic acid groups (broad SMARTS) is 1. The smallest absolute Gasteiger partial charge is 0.303 e. The molecule has 1 aliphatic heterocycles. The van der Waals surface area contributed by atoms with Crippen molar-refractivity contribution in [3.63, 3.8) is 0 Å². The predicted molar refractivity (Wildman–Crippen MR) is 122 cm³/mol. The maximum absolute atomic E-state index is 13.8. The van der Waals surface area contributed by atoms with E-state index in [1.165, 1.54) is 11.6 Å². The molecule has 2 aliphatic rings. The van der Waals surface area contributed by atoms with Gasteiger partial charge in [-0.1, -0.05) is 42.5 Å². The van der Waals surface area contributed by atoms with E-state index in [1.54, 1.807) is 6.07 Å². The molecule has 3 aromatic carbocycles. The molecule has 0 aromatic heterocycles. The Balaban J connectivity index is 1.36. The molecule has 32 heavy (non-hydrogen) atoms. The van der Waals surface area contributed by atoms with Gasteiger partial charge in [-0.05, 0) is 96.0 Å². The molecular formula is C28H27FO3. The molecular weight excluding hydrogens is 403 g/mol. The molecule has 0 amide bonds. The molecule has 4 heteroatoms. The monoisotopic (exact) mass is 430 g/mol. The molecule has 0 saturated heterocycles. The van der Waals surface area contributed by atoms with Crippen LogP contribution in [0.5, 0.6) is 5.75 Å². The zero-order chi connectivity index (χ0) is 22.2. The molecule has 0 radical (unpaired) electrons. The minimum Gasteiger partial charge on any atom is -0.485 e. The summed E-state index contributed by atoms with van der Waals surface area (Å²) in [5, 5.41) is 9.33. The second-order valence-electron chi connectivity index (χ2n) is 9.19. The maximum atomic E-state index is 13.8. The van der Waals surface area contributed by atoms with Gasteiger partial charge in [0.15, 0.2) is 0 Å². The average molecular weight is 431 g/mol. The lowest BCUT2D eigenvalue weighted by Gasteiger charge is -2.28. The fourth-order valence-corrected chi connectivity index (χ4v) is 4.89. The van der Waals surface area contributed by atoms with Crippen LogP contribution < -0.4 is 4.74 Å². The Bertz CT molecular complexity index is 1130. The number of halogens is 1. The van der Waals surface area contributed by atoms with Crippen LogP contribution in [0.25, 0.3) is 11.1 Å². The second kappa shape index (κ2) is 8.42. The number of aryl methyl sites for hydroxylation is 2. The Morgan fingerprint density at radius 2 is 1.81 bits per heavy atom. The molecule has 0 spiro atoms. The van der Waals surface area contributed by atoms with Crippen molar-refractivity contribution in [3.8, 4) is 16.9 Å². The Labute approximate surface area is 187 Å². The average Bonchev–Trinajstić information content (AvgIpc) is 3.61. The van der Waals surface area contributed by atoms with Crippen molar-refractivity contribution in [1.82, 2.24) is 0 Å². The molecule has 0 bridgehead atoms. The summed E-state index contributed by atoms with van der Waals surface area (Å²) >= 11 is 0. The fraction of sp³-hybridized carbons (Fsp3) is 0.321. The van der Waals surface area contributed by atoms with Crippen LogP contribution in [0.2, 0.25) is 0 Å². The molecule has 1 N–H and O–H groups in total. The van der Waals surface area contributed by atoms with Gasteiger partial charge in [-0.3, -0.25) is 4.79 Å². The van der Waals surface area contributed by atoms with Crippen molar-refractivity contribution >= 4 is 5.97 Å². The Morgan fingerprint density at radius 1 is 1.03 bits per heavy atom. The molecule has 1 heterocycles. The van der Waals surface area contributed by atoms with Gasteiger partial charge in [0.1, 0.15) is 17.7 Å². The molecule has 1 saturated carbocycles. The van der Waals surface area contributed by atoms with Crippen molar-refractivity contribution in [2.45, 2.75) is 51.0 Å². The van der Waals surface area contributed by atoms with Gasteiger partial charge in [-0.2, -0.15) is 0 Å². The van der Waals surface area contributed by atoms with Gasteiger partial charge in [0.2, 0.25) is 0 Å². The molecule has 3 aromatic rings. The normalized spacial score (nSPS) is 18.5. The SMILES string of the molecule is Cc1cc(F)cc(-c2ccc(C3CCc4ccc([C@@H](CC(=O)O)C5CC5)cc4O3)cc2)c1. The van der Waals surface area contributed by atoms with Crippen LogP contribution >= 0.6 is 0 Å². The van der Waals surface area contributed by atoms with Gasteiger partial charge < -0.3 is 9.84 Å². The van der Waals surface area contributed by atoms with Gasteiger partial charge in [-0.25, -0.2) is 4.39 Å². The van der Waals surface area contributed by atoms with Gasteiger partial charge in [0.05, 0.1) is 6.42 Å². The summed E-state index contributed by atoms with van der Waals surface area (Å²) in [6.07, 6.45) is 4.17. The van der Waals surface area contributed by atoms with Crippen LogP contribution in [0.3, 0.4) is 0 Å². The summed E-state index contributed by atoms with van der Waals surface area (Å²) in [6.45, 7) is 1.90. The zero-order valence-electron chi connectivity index (χ0n) is 18.2. The number of ether oxygens (including phenoxy) is 1. The molecule has 1 aliphatic carbocycles. The Hall–Kier alpha value is -3.14. The largest absolute Gasteiger partial charge is 0.485 e. The number of fused-ring (bicyclic) bond motifs is 1. The summed E-state index contributed by atoms with van der Waals surface area (Å²) < 4.78 is 20.2. The first kappa shape index (κ1) is 20.7. The number of benzene rings is 3. The van der Waals surface area contributed by atoms with Crippen LogP contribution in [-0.4, -0.2) is 11.1 Å². The first-order valence-corrected chi connectivity index (χ1v) is 11.3. The van der Waals surface area contributed by atoms with Crippen LogP contribution in [0.15, 0.2) is 60.7 Å². The number of carbonyl (C=O) groups is 1. The van der Waals surface area contributed by atoms with E-state index in [2.05, 4.69) is 30.3 Å². The summed E-state index contributed by atoms with van der Waals surface area (Å²) in [7, 11) is 0. The van der Waals surface area contributed by atoms with Crippen LogP contribution in [0, 0.1) is 18.7 Å². The number of rotatable bonds is 6. The molecule has 3 nitrogen and oxygen atoms in total. The number of hydrogen-bond acceptors (Lipinski definition) is 2. The van der Waals surface area contributed by atoms with E-state index in [1.807, 2.05) is 25.1 Å². The fourth-order valence-electron chi connectivity index (χ4n) is 4.89. The summed E-state index contributed by atoms with van der Waals surface area (Å²) in [4.78, 5) is 11.4. The Morgan fingerprint density at radius 3 is 2.50 bits per heavy atom. The topological polar surface area (TPSA) is 46.5 Å². The van der Waals surface area contributed by atoms with Gasteiger partial charge in [0.25, 0.3) is 0 Å². The van der Waals surface area contributed by atoms with Gasteiger partial charge in [0, 0.05) is 0 Å². The first-order chi connectivity index (χ1) is 15.5. The van der Waals surface area contributed by atoms with E-state index in [9.17, 15) is 14.3 Å². The van der Waals surface area contributed by atoms with E-state index in [0.717, 1.165) is 59.3 Å². The third-order valence-electron chi connectivity index (χ3n) is 6.71. The molecule has 164 valence electrons. The maximum Gasteiger partial charge on any atom is 0.303 e. The molecule has 1 unspecified atom stereocenters. The van der Waals surface area contributed by atoms with Crippen molar-refractivity contribution in [2.75, 3.05) is 0 Å². The minimum atomic E-state index is -0.744. The van der Waals surface area contributed by atoms with Crippen molar-refractivity contribution in [2.24, 2.45) is 5.92 Å². The number of aliphatic carboxylic acids is 1. The van der Waals surface area contributed by atoms with Crippen LogP contribution in [-0.2, 0) is 11.2 Å². The van der Waals surface area contributed by atoms with Gasteiger partial charge >= 0.3 is 5.97 Å². The Kier molecular flexibility index (Phi) is 5.46. The second-order valence-corrected chi connectivity index (χ2v) is 9.19. The third-order valence-corrected chi connectivity index (χ3v) is 6.71. The summed E-state index contributed by atoms with van der Waals surface area (Å²) in [5.74, 6) is 0.449. The van der Waals surface area contributed by atoms with E-state index in [0.29, 0.717) is 5.92 Å². The van der Waals surface area contributed by atoms with Crippen LogP contribution in [0.1, 0.15) is 60.0 Å². The lowest BCUT2D eigenvalue weighted by Crippen LogP contribution is -2.16. The van der Waals surface area contributed by atoms with Crippen molar-refractivity contribution in [1.29, 1.82) is 0 Å². The summed E-state index contributed by atoms with van der Waals surface area (Å²) in [5.41, 5.74) is 6.11. The van der Waals surface area contributed by atoms with Crippen molar-refractivity contribution in [3.05, 3.63) is 88.7 Å². The molecule has 2 atom stereocenters. The van der Waals surface area contributed by atoms with Gasteiger partial charge in [-0.15, -0.1) is 0 Å². The van der Waals surface area contributed by atoms with E-state index in [4.69, 9.17) is 4.74 Å². The van der Waals surface area contributed by atoms with Crippen molar-refractivity contribution < 1.29 is 19.0 Å². The highest BCUT2D eigenvalue weighted by atomic mass is 19.1. The number of hydrogen-bond donors (Lipinski definition) is 1. The predicted octanol–water partition coefficient (Wildman–Crippen LogP) is 6.84. The van der Waals surface area contributed by atoms with E-state index >= 15 is 0 Å². The lowest BCUT2D eigenvalue weighted by atomic mass is 9.88.